The van der Waals surface area contributed by atoms with E-state index in [1.165, 1.54) is 18.6 Å². The lowest BCUT2D eigenvalue weighted by Crippen LogP contribution is -2.28. The van der Waals surface area contributed by atoms with Crippen LogP contribution in [0.5, 0.6) is 5.75 Å². The number of ether oxygens (including phenoxy) is 1. The predicted octanol–water partition coefficient (Wildman–Crippen LogP) is 2.97. The molecule has 0 amide bonds. The van der Waals surface area contributed by atoms with Gasteiger partial charge in [-0.05, 0) is 42.7 Å². The summed E-state index contributed by atoms with van der Waals surface area (Å²) in [4.78, 5) is 19.8. The lowest BCUT2D eigenvalue weighted by molar-refractivity contribution is -0.134. The molecular weight excluding hydrogens is 368 g/mol. The molecule has 2 rings (SSSR count). The second kappa shape index (κ2) is 10.5. The van der Waals surface area contributed by atoms with Crippen LogP contribution in [0.3, 0.4) is 0 Å². The molecule has 0 bridgehead atoms. The van der Waals surface area contributed by atoms with Crippen molar-refractivity contribution in [3.05, 3.63) is 48.4 Å². The molecule has 0 aliphatic carbocycles. The highest BCUT2D eigenvalue weighted by Gasteiger charge is 2.15. The lowest BCUT2D eigenvalue weighted by atomic mass is 10.1. The smallest absolute Gasteiger partial charge is 0.311 e. The number of hydrogen-bond acceptors (Lipinski definition) is 6. The number of anilines is 1. The summed E-state index contributed by atoms with van der Waals surface area (Å²) in [5, 5.41) is 7.91. The van der Waals surface area contributed by atoms with E-state index in [9.17, 15) is 13.6 Å². The molecule has 2 aromatic rings. The first kappa shape index (κ1) is 20.7. The molecule has 8 nitrogen and oxygen atoms in total. The van der Waals surface area contributed by atoms with Crippen molar-refractivity contribution >= 4 is 28.8 Å². The molecule has 1 heterocycles. The number of esters is 1. The van der Waals surface area contributed by atoms with E-state index >= 15 is 0 Å². The maximum Gasteiger partial charge on any atom is 0.311 e. The third-order valence-corrected chi connectivity index (χ3v) is 4.42. The van der Waals surface area contributed by atoms with Gasteiger partial charge in [-0.1, -0.05) is 13.3 Å². The minimum atomic E-state index is -2.26. The van der Waals surface area contributed by atoms with Gasteiger partial charge < -0.3 is 10.1 Å². The molecule has 0 spiro atoms. The van der Waals surface area contributed by atoms with Crippen LogP contribution in [0.4, 0.5) is 5.82 Å². The molecular formula is C18H22N4O4S. The van der Waals surface area contributed by atoms with Crippen LogP contribution in [-0.2, 0) is 16.1 Å². The average Bonchev–Trinajstić information content (AvgIpc) is 2.66. The van der Waals surface area contributed by atoms with Crippen molar-refractivity contribution in [2.45, 2.75) is 32.6 Å². The molecule has 1 unspecified atom stereocenters. The van der Waals surface area contributed by atoms with Crippen LogP contribution in [0.1, 0.15) is 38.2 Å². The second-order valence-corrected chi connectivity index (χ2v) is 6.63. The van der Waals surface area contributed by atoms with Crippen molar-refractivity contribution in [3.63, 3.8) is 0 Å². The van der Waals surface area contributed by atoms with Crippen LogP contribution >= 0.6 is 0 Å². The zero-order valence-electron chi connectivity index (χ0n) is 15.0. The Morgan fingerprint density at radius 1 is 1.26 bits per heavy atom. The number of nitrogens with zero attached hydrogens (tertiary/aromatic N) is 3. The zero-order valence-corrected chi connectivity index (χ0v) is 15.8. The molecule has 0 saturated heterocycles. The normalized spacial score (nSPS) is 11.6. The van der Waals surface area contributed by atoms with Crippen LogP contribution in [0, 0.1) is 5.41 Å². The zero-order chi connectivity index (χ0) is 19.6. The molecule has 27 heavy (non-hydrogen) atoms. The first-order valence-electron chi connectivity index (χ1n) is 8.54. The Morgan fingerprint density at radius 3 is 2.59 bits per heavy atom. The largest absolute Gasteiger partial charge is 0.427 e. The van der Waals surface area contributed by atoms with Gasteiger partial charge in [0, 0.05) is 31.1 Å². The van der Waals surface area contributed by atoms with E-state index in [0.29, 0.717) is 24.3 Å². The third kappa shape index (κ3) is 6.54. The Kier molecular flexibility index (Phi) is 8.02. The molecule has 2 N–H and O–H groups in total. The van der Waals surface area contributed by atoms with Crippen molar-refractivity contribution in [1.82, 2.24) is 9.97 Å². The molecule has 0 radical (unpaired) electrons. The minimum Gasteiger partial charge on any atom is -0.427 e. The SMILES string of the molecule is CCCC(=N)c1ccc(OC(=O)CCCN(c2cnccn2)S(=O)O)cc1. The Balaban J connectivity index is 1.83. The summed E-state index contributed by atoms with van der Waals surface area (Å²) < 4.78 is 27.2. The summed E-state index contributed by atoms with van der Waals surface area (Å²) in [6.45, 7) is 2.17. The van der Waals surface area contributed by atoms with Gasteiger partial charge in [-0.15, -0.1) is 0 Å². The van der Waals surface area contributed by atoms with Gasteiger partial charge in [-0.2, -0.15) is 0 Å². The van der Waals surface area contributed by atoms with E-state index in [2.05, 4.69) is 9.97 Å². The van der Waals surface area contributed by atoms with E-state index in [1.807, 2.05) is 6.92 Å². The molecule has 1 atom stereocenters. The predicted molar refractivity (Wildman–Crippen MR) is 103 cm³/mol. The molecule has 9 heteroatoms. The number of aromatic nitrogens is 2. The van der Waals surface area contributed by atoms with E-state index in [1.54, 1.807) is 24.3 Å². The Bertz CT molecular complexity index is 784. The summed E-state index contributed by atoms with van der Waals surface area (Å²) in [7, 11) is 0. The van der Waals surface area contributed by atoms with Gasteiger partial charge in [0.1, 0.15) is 5.75 Å². The molecule has 0 fully saturated rings. The quantitative estimate of drug-likeness (QED) is 0.279. The van der Waals surface area contributed by atoms with E-state index < -0.39 is 17.2 Å². The van der Waals surface area contributed by atoms with Gasteiger partial charge in [-0.3, -0.25) is 18.6 Å². The van der Waals surface area contributed by atoms with Crippen LogP contribution in [0.25, 0.3) is 0 Å². The monoisotopic (exact) mass is 390 g/mol. The third-order valence-electron chi connectivity index (χ3n) is 3.67. The Labute approximate surface area is 160 Å². The van der Waals surface area contributed by atoms with Crippen LogP contribution in [-0.4, -0.2) is 37.0 Å². The van der Waals surface area contributed by atoms with E-state index in [4.69, 9.17) is 10.1 Å². The highest BCUT2D eigenvalue weighted by atomic mass is 32.2. The highest BCUT2D eigenvalue weighted by molar-refractivity contribution is 7.80. The number of carbonyl (C=O) groups is 1. The fourth-order valence-corrected chi connectivity index (χ4v) is 2.90. The van der Waals surface area contributed by atoms with E-state index in [-0.39, 0.29) is 18.8 Å². The van der Waals surface area contributed by atoms with Crippen LogP contribution in [0.15, 0.2) is 42.9 Å². The van der Waals surface area contributed by atoms with Crippen LogP contribution < -0.4 is 9.04 Å². The fourth-order valence-electron chi connectivity index (χ4n) is 2.36. The molecule has 0 aliphatic rings. The van der Waals surface area contributed by atoms with Gasteiger partial charge in [-0.25, -0.2) is 9.19 Å². The number of nitrogens with one attached hydrogen (secondary N) is 1. The lowest BCUT2D eigenvalue weighted by Gasteiger charge is -2.17. The molecule has 1 aromatic carbocycles. The summed E-state index contributed by atoms with van der Waals surface area (Å²) in [6, 6.07) is 6.83. The first-order chi connectivity index (χ1) is 13.0. The van der Waals surface area contributed by atoms with Crippen molar-refractivity contribution in [3.8, 4) is 5.75 Å². The summed E-state index contributed by atoms with van der Waals surface area (Å²) in [5.41, 5.74) is 1.36. The van der Waals surface area contributed by atoms with Crippen molar-refractivity contribution in [2.75, 3.05) is 10.8 Å². The van der Waals surface area contributed by atoms with E-state index in [0.717, 1.165) is 16.3 Å². The average molecular weight is 390 g/mol. The number of hydrogen-bond donors (Lipinski definition) is 2. The first-order valence-corrected chi connectivity index (χ1v) is 9.60. The van der Waals surface area contributed by atoms with Crippen LogP contribution in [0.2, 0.25) is 0 Å². The molecule has 144 valence electrons. The number of rotatable bonds is 10. The summed E-state index contributed by atoms with van der Waals surface area (Å²) >= 11 is -2.26. The Morgan fingerprint density at radius 2 is 2.00 bits per heavy atom. The Hall–Kier alpha value is -2.65. The topological polar surface area (TPSA) is 116 Å². The maximum atomic E-state index is 12.0. The van der Waals surface area contributed by atoms with Crippen molar-refractivity contribution in [2.24, 2.45) is 0 Å². The van der Waals surface area contributed by atoms with Gasteiger partial charge >= 0.3 is 5.97 Å². The number of benzene rings is 1. The fraction of sp³-hybridized carbons (Fsp3) is 0.333. The molecule has 1 aromatic heterocycles. The van der Waals surface area contributed by atoms with Crippen molar-refractivity contribution < 1.29 is 18.3 Å². The maximum absolute atomic E-state index is 12.0. The van der Waals surface area contributed by atoms with Crippen molar-refractivity contribution in [1.29, 1.82) is 5.41 Å². The standard InChI is InChI=1S/C18H22N4O4S/c1-2-4-16(19)14-6-8-15(9-7-14)26-18(23)5-3-12-22(27(24)25)17-13-20-10-11-21-17/h6-11,13,19H,2-5,12H2,1H3,(H,24,25). The van der Waals surface area contributed by atoms with Gasteiger partial charge in [0.15, 0.2) is 5.82 Å². The van der Waals surface area contributed by atoms with Gasteiger partial charge in [0.25, 0.3) is 11.3 Å². The molecule has 0 aliphatic heterocycles. The minimum absolute atomic E-state index is 0.0847. The summed E-state index contributed by atoms with van der Waals surface area (Å²) in [5.74, 6) is 0.232. The molecule has 0 saturated carbocycles. The van der Waals surface area contributed by atoms with Gasteiger partial charge in [0.2, 0.25) is 0 Å². The summed E-state index contributed by atoms with van der Waals surface area (Å²) in [6.07, 6.45) is 6.28. The highest BCUT2D eigenvalue weighted by Crippen LogP contribution is 2.16. The second-order valence-electron chi connectivity index (χ2n) is 5.73. The number of carbonyl (C=O) groups excluding carboxylic acids is 1. The van der Waals surface area contributed by atoms with Gasteiger partial charge in [0.05, 0.1) is 6.20 Å².